The van der Waals surface area contributed by atoms with E-state index in [9.17, 15) is 14.4 Å². The summed E-state index contributed by atoms with van der Waals surface area (Å²) >= 11 is 0. The van der Waals surface area contributed by atoms with E-state index in [0.29, 0.717) is 19.4 Å². The minimum atomic E-state index is -0.817. The number of amides is 3. The number of fused-ring (bicyclic) bond motifs is 2. The summed E-state index contributed by atoms with van der Waals surface area (Å²) in [5.41, 5.74) is 0. The molecule has 104 valence electrons. The fourth-order valence-corrected chi connectivity index (χ4v) is 3.53. The van der Waals surface area contributed by atoms with Gasteiger partial charge in [0.25, 0.3) is 0 Å². The van der Waals surface area contributed by atoms with Crippen LogP contribution >= 0.6 is 0 Å². The Morgan fingerprint density at radius 1 is 1.37 bits per heavy atom. The number of rotatable bonds is 2. The van der Waals surface area contributed by atoms with E-state index in [1.165, 1.54) is 0 Å². The van der Waals surface area contributed by atoms with Crippen molar-refractivity contribution >= 4 is 17.9 Å². The standard InChI is InChI=1S/C12H17N3O4/c16-10-3-6(5-13-10)14-12(19)15-7-1-2-9(15)8(4-7)11(17)18/h6-9H,1-5H2,(H,13,16)(H,14,19)(H,17,18). The van der Waals surface area contributed by atoms with E-state index in [1.807, 2.05) is 0 Å². The first-order valence-corrected chi connectivity index (χ1v) is 6.64. The molecule has 0 spiro atoms. The molecular formula is C12H17N3O4. The molecule has 7 heteroatoms. The summed E-state index contributed by atoms with van der Waals surface area (Å²) in [5.74, 6) is -1.31. The summed E-state index contributed by atoms with van der Waals surface area (Å²) in [6.45, 7) is 0.454. The van der Waals surface area contributed by atoms with E-state index in [2.05, 4.69) is 10.6 Å². The van der Waals surface area contributed by atoms with Crippen molar-refractivity contribution in [3.8, 4) is 0 Å². The highest BCUT2D eigenvalue weighted by molar-refractivity contribution is 5.82. The van der Waals surface area contributed by atoms with Crippen molar-refractivity contribution in [1.29, 1.82) is 0 Å². The van der Waals surface area contributed by atoms with Crippen LogP contribution in [-0.2, 0) is 9.59 Å². The molecule has 4 unspecified atom stereocenters. The number of urea groups is 1. The topological polar surface area (TPSA) is 98.7 Å². The number of carboxylic acids is 1. The highest BCUT2D eigenvalue weighted by Crippen LogP contribution is 2.41. The number of nitrogens with zero attached hydrogens (tertiary/aromatic N) is 1. The predicted octanol–water partition coefficient (Wildman–Crippen LogP) is -0.478. The Morgan fingerprint density at radius 3 is 2.74 bits per heavy atom. The van der Waals surface area contributed by atoms with Crippen LogP contribution in [-0.4, -0.2) is 52.6 Å². The highest BCUT2D eigenvalue weighted by atomic mass is 16.4. The Labute approximate surface area is 110 Å². The lowest BCUT2D eigenvalue weighted by Gasteiger charge is -2.25. The van der Waals surface area contributed by atoms with Crippen LogP contribution in [0, 0.1) is 5.92 Å². The quantitative estimate of drug-likeness (QED) is 0.629. The zero-order chi connectivity index (χ0) is 13.6. The van der Waals surface area contributed by atoms with Gasteiger partial charge in [-0.05, 0) is 19.3 Å². The van der Waals surface area contributed by atoms with Gasteiger partial charge < -0.3 is 20.6 Å². The van der Waals surface area contributed by atoms with Gasteiger partial charge in [0.15, 0.2) is 0 Å². The number of carbonyl (C=O) groups is 3. The molecule has 0 aromatic heterocycles. The summed E-state index contributed by atoms with van der Waals surface area (Å²) in [5, 5.41) is 14.6. The predicted molar refractivity (Wildman–Crippen MR) is 64.3 cm³/mol. The maximum Gasteiger partial charge on any atom is 0.318 e. The molecular weight excluding hydrogens is 250 g/mol. The number of carbonyl (C=O) groups excluding carboxylic acids is 2. The number of hydrogen-bond acceptors (Lipinski definition) is 3. The Bertz CT molecular complexity index is 439. The van der Waals surface area contributed by atoms with Crippen LogP contribution in [0.15, 0.2) is 0 Å². The van der Waals surface area contributed by atoms with Gasteiger partial charge in [-0.2, -0.15) is 0 Å². The van der Waals surface area contributed by atoms with Crippen molar-refractivity contribution in [3.05, 3.63) is 0 Å². The maximum atomic E-state index is 12.2. The van der Waals surface area contributed by atoms with E-state index >= 15 is 0 Å². The molecule has 0 radical (unpaired) electrons. The average Bonchev–Trinajstić information content (AvgIpc) is 3.02. The fourth-order valence-electron chi connectivity index (χ4n) is 3.53. The van der Waals surface area contributed by atoms with Crippen LogP contribution in [0.2, 0.25) is 0 Å². The van der Waals surface area contributed by atoms with E-state index < -0.39 is 11.9 Å². The Kier molecular flexibility index (Phi) is 2.83. The molecule has 0 aromatic rings. The maximum absolute atomic E-state index is 12.2. The number of hydrogen-bond donors (Lipinski definition) is 3. The van der Waals surface area contributed by atoms with Crippen molar-refractivity contribution < 1.29 is 19.5 Å². The molecule has 0 aliphatic carbocycles. The van der Waals surface area contributed by atoms with Crippen LogP contribution in [0.5, 0.6) is 0 Å². The monoisotopic (exact) mass is 267 g/mol. The first kappa shape index (κ1) is 12.3. The fraction of sp³-hybridized carbons (Fsp3) is 0.750. The summed E-state index contributed by atoms with van der Waals surface area (Å²) < 4.78 is 0. The second kappa shape index (κ2) is 4.40. The van der Waals surface area contributed by atoms with Crippen LogP contribution in [0.1, 0.15) is 25.7 Å². The summed E-state index contributed by atoms with van der Waals surface area (Å²) in [6, 6.07) is -0.551. The number of nitrogens with one attached hydrogen (secondary N) is 2. The first-order chi connectivity index (χ1) is 9.06. The van der Waals surface area contributed by atoms with E-state index in [1.54, 1.807) is 4.90 Å². The van der Waals surface area contributed by atoms with E-state index in [-0.39, 0.29) is 30.1 Å². The molecule has 3 aliphatic heterocycles. The molecule has 3 heterocycles. The smallest absolute Gasteiger partial charge is 0.318 e. The van der Waals surface area contributed by atoms with Crippen molar-refractivity contribution in [2.75, 3.05) is 6.54 Å². The van der Waals surface area contributed by atoms with Gasteiger partial charge >= 0.3 is 12.0 Å². The lowest BCUT2D eigenvalue weighted by molar-refractivity contribution is -0.142. The molecule has 4 atom stereocenters. The largest absolute Gasteiger partial charge is 0.481 e. The molecule has 3 aliphatic rings. The molecule has 7 nitrogen and oxygen atoms in total. The Balaban J connectivity index is 1.64. The molecule has 3 saturated heterocycles. The normalized spacial score (nSPS) is 36.4. The molecule has 3 amide bonds. The van der Waals surface area contributed by atoms with Crippen LogP contribution in [0.3, 0.4) is 0 Å². The van der Waals surface area contributed by atoms with Crippen molar-refractivity contribution in [3.63, 3.8) is 0 Å². The van der Waals surface area contributed by atoms with E-state index in [4.69, 9.17) is 5.11 Å². The van der Waals surface area contributed by atoms with Gasteiger partial charge in [-0.3, -0.25) is 9.59 Å². The third-order valence-corrected chi connectivity index (χ3v) is 4.39. The van der Waals surface area contributed by atoms with Gasteiger partial charge in [0, 0.05) is 25.0 Å². The second-order valence-electron chi connectivity index (χ2n) is 5.54. The minimum Gasteiger partial charge on any atom is -0.481 e. The SMILES string of the molecule is O=C1CC(NC(=O)N2C3CCC2C(C(=O)O)C3)CN1. The van der Waals surface area contributed by atoms with Crippen LogP contribution < -0.4 is 10.6 Å². The van der Waals surface area contributed by atoms with Crippen molar-refractivity contribution in [1.82, 2.24) is 15.5 Å². The minimum absolute atomic E-state index is 0.0381. The Morgan fingerprint density at radius 2 is 2.16 bits per heavy atom. The van der Waals surface area contributed by atoms with Gasteiger partial charge in [-0.15, -0.1) is 0 Å². The number of aliphatic carboxylic acids is 1. The van der Waals surface area contributed by atoms with Crippen molar-refractivity contribution in [2.45, 2.75) is 43.8 Å². The van der Waals surface area contributed by atoms with Crippen LogP contribution in [0.25, 0.3) is 0 Å². The molecule has 2 bridgehead atoms. The zero-order valence-electron chi connectivity index (χ0n) is 10.5. The molecule has 0 aromatic carbocycles. The van der Waals surface area contributed by atoms with Gasteiger partial charge in [0.1, 0.15) is 0 Å². The summed E-state index contributed by atoms with van der Waals surface area (Å²) in [6.07, 6.45) is 2.49. The lowest BCUT2D eigenvalue weighted by Crippen LogP contribution is -2.48. The Hall–Kier alpha value is -1.79. The third-order valence-electron chi connectivity index (χ3n) is 4.39. The lowest BCUT2D eigenvalue weighted by atomic mass is 9.89. The van der Waals surface area contributed by atoms with Gasteiger partial charge in [0.2, 0.25) is 5.91 Å². The van der Waals surface area contributed by atoms with Crippen LogP contribution in [0.4, 0.5) is 4.79 Å². The molecule has 0 saturated carbocycles. The van der Waals surface area contributed by atoms with Gasteiger partial charge in [0.05, 0.1) is 12.0 Å². The zero-order valence-corrected chi connectivity index (χ0v) is 10.5. The summed E-state index contributed by atoms with van der Waals surface area (Å²) in [7, 11) is 0. The molecule has 3 fully saturated rings. The molecule has 3 rings (SSSR count). The van der Waals surface area contributed by atoms with Crippen molar-refractivity contribution in [2.24, 2.45) is 5.92 Å². The average molecular weight is 267 g/mol. The van der Waals surface area contributed by atoms with Gasteiger partial charge in [-0.1, -0.05) is 0 Å². The molecule has 19 heavy (non-hydrogen) atoms. The third kappa shape index (κ3) is 2.02. The van der Waals surface area contributed by atoms with E-state index in [0.717, 1.165) is 12.8 Å². The number of carboxylic acid groups (broad SMARTS) is 1. The first-order valence-electron chi connectivity index (χ1n) is 6.64. The van der Waals surface area contributed by atoms with Gasteiger partial charge in [-0.25, -0.2) is 4.79 Å². The summed E-state index contributed by atoms with van der Waals surface area (Å²) in [4.78, 5) is 36.1. The molecule has 3 N–H and O–H groups in total. The second-order valence-corrected chi connectivity index (χ2v) is 5.54. The highest BCUT2D eigenvalue weighted by Gasteiger charge is 2.51.